The standard InChI is InChI=1S/C23H32N2O3S/c26-22(24-16-23-13-17-10-18(14-23)12-19(11-17)15-23)21-8-4-5-9-25(21)29(27,28)20-6-2-1-3-7-20/h1-3,6-7,17-19,21H,4-5,8-16H2,(H,24,26)/t17?,18?,19?,21-,23?/m0/s1. The molecule has 1 amide bonds. The molecule has 29 heavy (non-hydrogen) atoms. The first kappa shape index (κ1) is 19.6. The largest absolute Gasteiger partial charge is 0.354 e. The Hall–Kier alpha value is -1.40. The van der Waals surface area contributed by atoms with Crippen LogP contribution in [0.2, 0.25) is 0 Å². The summed E-state index contributed by atoms with van der Waals surface area (Å²) in [7, 11) is -3.65. The molecule has 4 aliphatic carbocycles. The van der Waals surface area contributed by atoms with Crippen molar-refractivity contribution < 1.29 is 13.2 Å². The second-order valence-corrected chi connectivity index (χ2v) is 12.0. The molecule has 6 heteroatoms. The van der Waals surface area contributed by atoms with E-state index in [0.29, 0.717) is 13.0 Å². The summed E-state index contributed by atoms with van der Waals surface area (Å²) in [6.07, 6.45) is 10.2. The lowest BCUT2D eigenvalue weighted by atomic mass is 9.49. The SMILES string of the molecule is O=C(NCC12CC3CC(CC(C3)C1)C2)[C@@H]1CCCCN1S(=O)(=O)c1ccccc1. The van der Waals surface area contributed by atoms with Gasteiger partial charge in [0.15, 0.2) is 0 Å². The Bertz CT molecular complexity index is 832. The molecule has 1 heterocycles. The van der Waals surface area contributed by atoms with Gasteiger partial charge in [-0.05, 0) is 86.7 Å². The smallest absolute Gasteiger partial charge is 0.243 e. The molecule has 1 atom stereocenters. The van der Waals surface area contributed by atoms with Crippen molar-refractivity contribution >= 4 is 15.9 Å². The predicted molar refractivity (Wildman–Crippen MR) is 112 cm³/mol. The van der Waals surface area contributed by atoms with Gasteiger partial charge < -0.3 is 5.32 Å². The molecule has 0 aromatic heterocycles. The monoisotopic (exact) mass is 416 g/mol. The molecule has 1 aromatic rings. The minimum Gasteiger partial charge on any atom is -0.354 e. The molecule has 0 unspecified atom stereocenters. The van der Waals surface area contributed by atoms with Crippen LogP contribution in [0.4, 0.5) is 0 Å². The Morgan fingerprint density at radius 2 is 1.62 bits per heavy atom. The summed E-state index contributed by atoms with van der Waals surface area (Å²) >= 11 is 0. The highest BCUT2D eigenvalue weighted by atomic mass is 32.2. The molecule has 4 bridgehead atoms. The first-order valence-corrected chi connectivity index (χ1v) is 12.7. The predicted octanol–water partition coefficient (Wildman–Crippen LogP) is 3.56. The van der Waals surface area contributed by atoms with E-state index in [9.17, 15) is 13.2 Å². The van der Waals surface area contributed by atoms with Gasteiger partial charge in [-0.15, -0.1) is 0 Å². The van der Waals surface area contributed by atoms with Crippen molar-refractivity contribution in [1.29, 1.82) is 0 Å². The van der Waals surface area contributed by atoms with E-state index in [2.05, 4.69) is 5.32 Å². The summed E-state index contributed by atoms with van der Waals surface area (Å²) in [5.74, 6) is 2.45. The van der Waals surface area contributed by atoms with Crippen LogP contribution in [0.3, 0.4) is 0 Å². The highest BCUT2D eigenvalue weighted by Gasteiger charge is 2.51. The van der Waals surface area contributed by atoms with Crippen molar-refractivity contribution in [3.63, 3.8) is 0 Å². The van der Waals surface area contributed by atoms with Crippen LogP contribution in [0.25, 0.3) is 0 Å². The van der Waals surface area contributed by atoms with Crippen molar-refractivity contribution in [2.45, 2.75) is 68.7 Å². The highest BCUT2D eigenvalue weighted by Crippen LogP contribution is 2.59. The highest BCUT2D eigenvalue weighted by molar-refractivity contribution is 7.89. The van der Waals surface area contributed by atoms with E-state index in [0.717, 1.165) is 37.1 Å². The molecular formula is C23H32N2O3S. The van der Waals surface area contributed by atoms with Gasteiger partial charge in [-0.1, -0.05) is 24.6 Å². The number of nitrogens with one attached hydrogen (secondary N) is 1. The number of rotatable bonds is 5. The molecule has 1 aliphatic heterocycles. The van der Waals surface area contributed by atoms with Crippen LogP contribution in [-0.2, 0) is 14.8 Å². The van der Waals surface area contributed by atoms with Crippen LogP contribution < -0.4 is 5.32 Å². The van der Waals surface area contributed by atoms with Crippen LogP contribution in [0.15, 0.2) is 35.2 Å². The molecule has 5 nitrogen and oxygen atoms in total. The van der Waals surface area contributed by atoms with Crippen LogP contribution in [0, 0.1) is 23.2 Å². The maximum absolute atomic E-state index is 13.2. The Morgan fingerprint density at radius 1 is 1.00 bits per heavy atom. The van der Waals surface area contributed by atoms with Crippen LogP contribution in [0.5, 0.6) is 0 Å². The fourth-order valence-electron chi connectivity index (χ4n) is 7.08. The summed E-state index contributed by atoms with van der Waals surface area (Å²) < 4.78 is 27.8. The zero-order valence-corrected chi connectivity index (χ0v) is 17.9. The number of carbonyl (C=O) groups is 1. The van der Waals surface area contributed by atoms with Crippen molar-refractivity contribution in [2.24, 2.45) is 23.2 Å². The van der Waals surface area contributed by atoms with Gasteiger partial charge in [0.2, 0.25) is 15.9 Å². The minimum absolute atomic E-state index is 0.0973. The fourth-order valence-corrected chi connectivity index (χ4v) is 8.76. The second-order valence-electron chi connectivity index (χ2n) is 10.1. The van der Waals surface area contributed by atoms with E-state index >= 15 is 0 Å². The van der Waals surface area contributed by atoms with Crippen molar-refractivity contribution in [2.75, 3.05) is 13.1 Å². The van der Waals surface area contributed by atoms with Gasteiger partial charge in [-0.2, -0.15) is 4.31 Å². The molecule has 5 fully saturated rings. The summed E-state index contributed by atoms with van der Waals surface area (Å²) in [6.45, 7) is 1.15. The van der Waals surface area contributed by atoms with Gasteiger partial charge in [-0.25, -0.2) is 8.42 Å². The molecule has 1 saturated heterocycles. The maximum atomic E-state index is 13.2. The van der Waals surface area contributed by atoms with Crippen molar-refractivity contribution in [3.05, 3.63) is 30.3 Å². The average molecular weight is 417 g/mol. The first-order chi connectivity index (χ1) is 14.0. The third-order valence-corrected chi connectivity index (χ3v) is 9.83. The van der Waals surface area contributed by atoms with Gasteiger partial charge in [0.1, 0.15) is 6.04 Å². The molecule has 0 spiro atoms. The zero-order chi connectivity index (χ0) is 20.1. The van der Waals surface area contributed by atoms with Gasteiger partial charge in [0.05, 0.1) is 4.90 Å². The second kappa shape index (κ2) is 7.38. The van der Waals surface area contributed by atoms with E-state index in [-0.39, 0.29) is 16.2 Å². The molecule has 6 rings (SSSR count). The van der Waals surface area contributed by atoms with Crippen LogP contribution in [0.1, 0.15) is 57.8 Å². The van der Waals surface area contributed by atoms with Crippen molar-refractivity contribution in [1.82, 2.24) is 9.62 Å². The fraction of sp³-hybridized carbons (Fsp3) is 0.696. The summed E-state index contributed by atoms with van der Waals surface area (Å²) in [4.78, 5) is 13.4. The number of hydrogen-bond donors (Lipinski definition) is 1. The van der Waals surface area contributed by atoms with E-state index in [1.54, 1.807) is 24.3 Å². The lowest BCUT2D eigenvalue weighted by Gasteiger charge is -2.57. The lowest BCUT2D eigenvalue weighted by molar-refractivity contribution is -0.127. The third kappa shape index (κ3) is 3.63. The topological polar surface area (TPSA) is 66.5 Å². The van der Waals surface area contributed by atoms with Gasteiger partial charge in [0.25, 0.3) is 0 Å². The summed E-state index contributed by atoms with van der Waals surface area (Å²) in [5, 5.41) is 3.22. The molecule has 1 N–H and O–H groups in total. The van der Waals surface area contributed by atoms with Gasteiger partial charge >= 0.3 is 0 Å². The quantitative estimate of drug-likeness (QED) is 0.798. The van der Waals surface area contributed by atoms with E-state index in [1.165, 1.54) is 42.8 Å². The zero-order valence-electron chi connectivity index (χ0n) is 17.1. The Kier molecular flexibility index (Phi) is 4.98. The third-order valence-electron chi connectivity index (χ3n) is 7.91. The van der Waals surface area contributed by atoms with E-state index in [4.69, 9.17) is 0 Å². The number of hydrogen-bond acceptors (Lipinski definition) is 3. The Morgan fingerprint density at radius 3 is 2.24 bits per heavy atom. The number of benzene rings is 1. The van der Waals surface area contributed by atoms with E-state index in [1.807, 2.05) is 6.07 Å². The molecule has 1 aromatic carbocycles. The molecule has 158 valence electrons. The van der Waals surface area contributed by atoms with Gasteiger partial charge in [0, 0.05) is 13.1 Å². The number of nitrogens with zero attached hydrogens (tertiary/aromatic N) is 1. The number of carbonyl (C=O) groups excluding carboxylic acids is 1. The van der Waals surface area contributed by atoms with Crippen molar-refractivity contribution in [3.8, 4) is 0 Å². The number of sulfonamides is 1. The lowest BCUT2D eigenvalue weighted by Crippen LogP contribution is -2.55. The Labute approximate surface area is 174 Å². The average Bonchev–Trinajstić information content (AvgIpc) is 2.72. The maximum Gasteiger partial charge on any atom is 0.243 e. The van der Waals surface area contributed by atoms with Gasteiger partial charge in [-0.3, -0.25) is 4.79 Å². The van der Waals surface area contributed by atoms with E-state index < -0.39 is 16.1 Å². The molecule has 0 radical (unpaired) electrons. The first-order valence-electron chi connectivity index (χ1n) is 11.3. The number of piperidine rings is 1. The molecule has 5 aliphatic rings. The van der Waals surface area contributed by atoms with Crippen LogP contribution in [-0.4, -0.2) is 37.8 Å². The summed E-state index contributed by atoms with van der Waals surface area (Å²) in [6, 6.07) is 7.94. The molecule has 4 saturated carbocycles. The van der Waals surface area contributed by atoms with Crippen LogP contribution >= 0.6 is 0 Å². The molecular weight excluding hydrogens is 384 g/mol. The number of amides is 1. The normalized spacial score (nSPS) is 36.8. The minimum atomic E-state index is -3.65. The summed E-state index contributed by atoms with van der Waals surface area (Å²) in [5.41, 5.74) is 0.266. The Balaban J connectivity index is 1.29.